The van der Waals surface area contributed by atoms with E-state index in [1.807, 2.05) is 0 Å². The van der Waals surface area contributed by atoms with E-state index in [2.05, 4.69) is 31.3 Å². The molecule has 0 radical (unpaired) electrons. The quantitative estimate of drug-likeness (QED) is 0.479. The molecule has 2 aromatic heterocycles. The summed E-state index contributed by atoms with van der Waals surface area (Å²) in [7, 11) is 0. The third-order valence-corrected chi connectivity index (χ3v) is 4.90. The van der Waals surface area contributed by atoms with Crippen molar-refractivity contribution in [2.24, 2.45) is 0 Å². The van der Waals surface area contributed by atoms with E-state index in [4.69, 9.17) is 0 Å². The number of aryl methyl sites for hydroxylation is 1. The molecule has 0 unspecified atom stereocenters. The molecule has 1 amide bonds. The van der Waals surface area contributed by atoms with Gasteiger partial charge in [-0.3, -0.25) is 14.2 Å². The number of benzene rings is 2. The summed E-state index contributed by atoms with van der Waals surface area (Å²) < 4.78 is 30.3. The molecule has 0 aliphatic rings. The van der Waals surface area contributed by atoms with Gasteiger partial charge in [0, 0.05) is 17.4 Å². The van der Waals surface area contributed by atoms with Gasteiger partial charge in [0.2, 0.25) is 5.91 Å². The van der Waals surface area contributed by atoms with Crippen molar-refractivity contribution in [1.29, 1.82) is 0 Å². The van der Waals surface area contributed by atoms with E-state index in [-0.39, 0.29) is 35.4 Å². The molecule has 2 heterocycles. The van der Waals surface area contributed by atoms with Crippen LogP contribution in [-0.2, 0) is 11.3 Å². The average molecular weight is 474 g/mol. The molecule has 4 aromatic rings. The van der Waals surface area contributed by atoms with Gasteiger partial charge in [0.1, 0.15) is 17.0 Å². The minimum absolute atomic E-state index is 0.0469. The molecule has 0 saturated carbocycles. The highest BCUT2D eigenvalue weighted by molar-refractivity contribution is 9.10. The maximum atomic E-state index is 13.8. The van der Waals surface area contributed by atoms with Crippen LogP contribution in [0.5, 0.6) is 0 Å². The summed E-state index contributed by atoms with van der Waals surface area (Å²) in [5, 5.41) is 6.90. The zero-order chi connectivity index (χ0) is 21.3. The molecular formula is C20H14BrF2N5O2. The minimum atomic E-state index is -0.564. The number of carbonyl (C=O) groups excluding carboxylic acids is 1. The molecule has 7 nitrogen and oxygen atoms in total. The van der Waals surface area contributed by atoms with Gasteiger partial charge >= 0.3 is 0 Å². The van der Waals surface area contributed by atoms with Crippen molar-refractivity contribution >= 4 is 38.6 Å². The number of carbonyl (C=O) groups is 1. The first-order chi connectivity index (χ1) is 14.4. The van der Waals surface area contributed by atoms with E-state index in [1.54, 1.807) is 6.07 Å². The molecule has 0 saturated heterocycles. The van der Waals surface area contributed by atoms with Gasteiger partial charge in [0.25, 0.3) is 5.56 Å². The van der Waals surface area contributed by atoms with Crippen LogP contribution in [0, 0.1) is 11.6 Å². The van der Waals surface area contributed by atoms with Crippen LogP contribution in [0.1, 0.15) is 6.42 Å². The minimum Gasteiger partial charge on any atom is -0.324 e. The topological polar surface area (TPSA) is 81.8 Å². The van der Waals surface area contributed by atoms with Crippen LogP contribution >= 0.6 is 15.9 Å². The SMILES string of the molecule is O=C(CCn1cnc2c(cnn2-c2ccc(F)cc2)c1=O)Nc1ccc(Br)cc1F. The van der Waals surface area contributed by atoms with Crippen LogP contribution < -0.4 is 10.9 Å². The fraction of sp³-hybridized carbons (Fsp3) is 0.100. The van der Waals surface area contributed by atoms with Crippen molar-refractivity contribution in [2.45, 2.75) is 13.0 Å². The molecule has 1 N–H and O–H groups in total. The molecule has 0 atom stereocenters. The Hall–Kier alpha value is -3.40. The second-order valence-electron chi connectivity index (χ2n) is 6.44. The van der Waals surface area contributed by atoms with Gasteiger partial charge in [-0.05, 0) is 42.5 Å². The number of amides is 1. The van der Waals surface area contributed by atoms with E-state index in [1.165, 1.54) is 58.2 Å². The lowest BCUT2D eigenvalue weighted by Crippen LogP contribution is -2.23. The van der Waals surface area contributed by atoms with Crippen molar-refractivity contribution in [2.75, 3.05) is 5.32 Å². The summed E-state index contributed by atoms with van der Waals surface area (Å²) in [6.07, 6.45) is 2.65. The zero-order valence-electron chi connectivity index (χ0n) is 15.3. The molecule has 0 fully saturated rings. The van der Waals surface area contributed by atoms with Gasteiger partial charge in [-0.15, -0.1) is 0 Å². The first kappa shape index (κ1) is 19.9. The number of nitrogens with zero attached hydrogens (tertiary/aromatic N) is 4. The van der Waals surface area contributed by atoms with E-state index >= 15 is 0 Å². The first-order valence-electron chi connectivity index (χ1n) is 8.86. The number of aromatic nitrogens is 4. The fourth-order valence-corrected chi connectivity index (χ4v) is 3.24. The Bertz CT molecular complexity index is 1300. The van der Waals surface area contributed by atoms with Gasteiger partial charge in [-0.2, -0.15) is 5.10 Å². The van der Waals surface area contributed by atoms with E-state index < -0.39 is 11.7 Å². The summed E-state index contributed by atoms with van der Waals surface area (Å²) in [6, 6.07) is 9.94. The van der Waals surface area contributed by atoms with Gasteiger partial charge < -0.3 is 5.32 Å². The fourth-order valence-electron chi connectivity index (χ4n) is 2.90. The van der Waals surface area contributed by atoms with Gasteiger partial charge in [0.15, 0.2) is 5.65 Å². The van der Waals surface area contributed by atoms with Crippen LogP contribution in [0.4, 0.5) is 14.5 Å². The third-order valence-electron chi connectivity index (χ3n) is 4.41. The molecule has 0 bridgehead atoms. The smallest absolute Gasteiger partial charge is 0.264 e. The van der Waals surface area contributed by atoms with Gasteiger partial charge in [-0.1, -0.05) is 15.9 Å². The lowest BCUT2D eigenvalue weighted by molar-refractivity contribution is -0.116. The molecule has 0 spiro atoms. The summed E-state index contributed by atoms with van der Waals surface area (Å²) in [5.41, 5.74) is 0.580. The van der Waals surface area contributed by atoms with Crippen molar-refractivity contribution in [3.8, 4) is 5.69 Å². The lowest BCUT2D eigenvalue weighted by Gasteiger charge is -2.08. The van der Waals surface area contributed by atoms with Crippen molar-refractivity contribution in [3.63, 3.8) is 0 Å². The number of hydrogen-bond donors (Lipinski definition) is 1. The number of rotatable bonds is 5. The predicted octanol–water partition coefficient (Wildman–Crippen LogP) is 3.65. The number of anilines is 1. The molecule has 2 aromatic carbocycles. The van der Waals surface area contributed by atoms with Gasteiger partial charge in [0.05, 0.1) is 23.9 Å². The Kier molecular flexibility index (Phi) is 5.40. The van der Waals surface area contributed by atoms with Crippen LogP contribution in [0.2, 0.25) is 0 Å². The molecule has 4 rings (SSSR count). The van der Waals surface area contributed by atoms with Crippen LogP contribution in [0.15, 0.2) is 64.3 Å². The first-order valence-corrected chi connectivity index (χ1v) is 9.66. The third kappa shape index (κ3) is 3.99. The number of hydrogen-bond acceptors (Lipinski definition) is 4. The maximum absolute atomic E-state index is 13.8. The van der Waals surface area contributed by atoms with Crippen LogP contribution in [0.25, 0.3) is 16.7 Å². The largest absolute Gasteiger partial charge is 0.324 e. The van der Waals surface area contributed by atoms with E-state index in [0.29, 0.717) is 15.8 Å². The number of nitrogens with one attached hydrogen (secondary N) is 1. The second kappa shape index (κ2) is 8.15. The molecule has 10 heteroatoms. The highest BCUT2D eigenvalue weighted by Crippen LogP contribution is 2.19. The second-order valence-corrected chi connectivity index (χ2v) is 7.35. The standard InChI is InChI=1S/C20H14BrF2N5O2/c21-12-1-6-17(16(23)9-12)26-18(29)7-8-27-11-24-19-15(20(27)30)10-25-28(19)14-4-2-13(22)3-5-14/h1-6,9-11H,7-8H2,(H,26,29). The van der Waals surface area contributed by atoms with Crippen molar-refractivity contribution in [1.82, 2.24) is 19.3 Å². The van der Waals surface area contributed by atoms with Crippen molar-refractivity contribution in [3.05, 3.63) is 81.4 Å². The van der Waals surface area contributed by atoms with E-state index in [0.717, 1.165) is 0 Å². The number of fused-ring (bicyclic) bond motifs is 1. The molecule has 30 heavy (non-hydrogen) atoms. The van der Waals surface area contributed by atoms with E-state index in [9.17, 15) is 18.4 Å². The number of halogens is 3. The van der Waals surface area contributed by atoms with Crippen LogP contribution in [-0.4, -0.2) is 25.2 Å². The Morgan fingerprint density at radius 1 is 1.13 bits per heavy atom. The average Bonchev–Trinajstić information content (AvgIpc) is 3.15. The summed E-state index contributed by atoms with van der Waals surface area (Å²) in [6.45, 7) is 0.0630. The summed E-state index contributed by atoms with van der Waals surface area (Å²) >= 11 is 3.15. The Morgan fingerprint density at radius 3 is 2.63 bits per heavy atom. The highest BCUT2D eigenvalue weighted by Gasteiger charge is 2.13. The molecule has 152 valence electrons. The van der Waals surface area contributed by atoms with Crippen molar-refractivity contribution < 1.29 is 13.6 Å². The van der Waals surface area contributed by atoms with Gasteiger partial charge in [-0.25, -0.2) is 18.4 Å². The highest BCUT2D eigenvalue weighted by atomic mass is 79.9. The maximum Gasteiger partial charge on any atom is 0.264 e. The summed E-state index contributed by atoms with van der Waals surface area (Å²) in [4.78, 5) is 29.1. The Labute approximate surface area is 177 Å². The van der Waals surface area contributed by atoms with Crippen LogP contribution in [0.3, 0.4) is 0 Å². The Morgan fingerprint density at radius 2 is 1.90 bits per heavy atom. The molecular weight excluding hydrogens is 460 g/mol. The predicted molar refractivity (Wildman–Crippen MR) is 110 cm³/mol. The zero-order valence-corrected chi connectivity index (χ0v) is 16.9. The normalized spacial score (nSPS) is 11.0. The molecule has 0 aliphatic heterocycles. The summed E-state index contributed by atoms with van der Waals surface area (Å²) in [5.74, 6) is -1.39. The molecule has 0 aliphatic carbocycles. The lowest BCUT2D eigenvalue weighted by atomic mass is 10.3. The Balaban J connectivity index is 1.51. The monoisotopic (exact) mass is 473 g/mol.